The summed E-state index contributed by atoms with van der Waals surface area (Å²) >= 11 is 0. The minimum Gasteiger partial charge on any atom is -0.465 e. The number of aliphatic hydroxyl groups is 2. The molecule has 0 bridgehead atoms. The van der Waals surface area contributed by atoms with Gasteiger partial charge in [-0.25, -0.2) is 4.79 Å². The maximum absolute atomic E-state index is 11.2. The summed E-state index contributed by atoms with van der Waals surface area (Å²) in [5.74, 6) is 2.29. The molecule has 0 aliphatic carbocycles. The zero-order valence-corrected chi connectivity index (χ0v) is 9.90. The Balaban J connectivity index is 5.44. The van der Waals surface area contributed by atoms with Gasteiger partial charge in [-0.05, 0) is 20.8 Å². The van der Waals surface area contributed by atoms with Gasteiger partial charge in [0.2, 0.25) is 0 Å². The average Bonchev–Trinajstić information content (AvgIpc) is 2.14. The molecule has 16 heavy (non-hydrogen) atoms. The van der Waals surface area contributed by atoms with Crippen molar-refractivity contribution in [2.45, 2.75) is 38.3 Å². The lowest BCUT2D eigenvalue weighted by Crippen LogP contribution is -2.63. The van der Waals surface area contributed by atoms with Crippen LogP contribution in [-0.4, -0.2) is 50.6 Å². The molecule has 0 atom stereocenters. The highest BCUT2D eigenvalue weighted by Crippen LogP contribution is 2.27. The highest BCUT2D eigenvalue weighted by atomic mass is 16.4. The fourth-order valence-corrected chi connectivity index (χ4v) is 1.77. The number of aliphatic hydroxyl groups excluding tert-OH is 2. The molecule has 0 unspecified atom stereocenters. The number of terminal acetylenes is 1. The van der Waals surface area contributed by atoms with Gasteiger partial charge in [0.25, 0.3) is 0 Å². The van der Waals surface area contributed by atoms with Crippen LogP contribution in [0.15, 0.2) is 0 Å². The van der Waals surface area contributed by atoms with E-state index in [9.17, 15) is 15.0 Å². The topological polar surface area (TPSA) is 81.0 Å². The minimum absolute atomic E-state index is 0.0381. The first-order valence-corrected chi connectivity index (χ1v) is 4.93. The summed E-state index contributed by atoms with van der Waals surface area (Å²) in [4.78, 5) is 12.2. The highest BCUT2D eigenvalue weighted by molar-refractivity contribution is 5.67. The lowest BCUT2D eigenvalue weighted by atomic mass is 9.90. The second-order valence-corrected chi connectivity index (χ2v) is 4.71. The molecule has 5 nitrogen and oxygen atoms in total. The number of hydrogen-bond acceptors (Lipinski definition) is 3. The molecule has 0 saturated heterocycles. The number of carboxylic acid groups (broad SMARTS) is 1. The molecule has 5 heteroatoms. The van der Waals surface area contributed by atoms with Gasteiger partial charge in [-0.3, -0.25) is 4.90 Å². The van der Waals surface area contributed by atoms with Gasteiger partial charge in [0.1, 0.15) is 5.54 Å². The summed E-state index contributed by atoms with van der Waals surface area (Å²) in [6.45, 7) is 4.00. The molecule has 0 rings (SSSR count). The third-order valence-corrected chi connectivity index (χ3v) is 2.36. The molecule has 1 amide bonds. The summed E-state index contributed by atoms with van der Waals surface area (Å²) in [5, 5.41) is 27.8. The van der Waals surface area contributed by atoms with Crippen LogP contribution in [0.2, 0.25) is 0 Å². The highest BCUT2D eigenvalue weighted by Gasteiger charge is 2.44. The molecule has 0 aromatic heterocycles. The van der Waals surface area contributed by atoms with Gasteiger partial charge in [-0.15, -0.1) is 12.3 Å². The Bertz CT molecular complexity index is 283. The predicted molar refractivity (Wildman–Crippen MR) is 60.0 cm³/mol. The van der Waals surface area contributed by atoms with Crippen molar-refractivity contribution in [3.05, 3.63) is 0 Å². The molecule has 0 fully saturated rings. The van der Waals surface area contributed by atoms with E-state index in [1.807, 2.05) is 0 Å². The minimum atomic E-state index is -1.33. The zero-order valence-electron chi connectivity index (χ0n) is 9.90. The van der Waals surface area contributed by atoms with Crippen molar-refractivity contribution in [2.24, 2.45) is 0 Å². The lowest BCUT2D eigenvalue weighted by molar-refractivity contribution is -0.0425. The fraction of sp³-hybridized carbons (Fsp3) is 0.727. The van der Waals surface area contributed by atoms with Gasteiger partial charge in [0.15, 0.2) is 0 Å². The number of hydrogen-bond donors (Lipinski definition) is 3. The molecule has 0 spiro atoms. The quantitative estimate of drug-likeness (QED) is 0.614. The second kappa shape index (κ2) is 5.19. The Kier molecular flexibility index (Phi) is 4.79. The molecule has 0 aromatic carbocycles. The lowest BCUT2D eigenvalue weighted by Gasteiger charge is -2.46. The van der Waals surface area contributed by atoms with Crippen LogP contribution in [0.25, 0.3) is 0 Å². The maximum atomic E-state index is 11.2. The van der Waals surface area contributed by atoms with Gasteiger partial charge in [-0.2, -0.15) is 0 Å². The molecule has 0 heterocycles. The van der Waals surface area contributed by atoms with Crippen molar-refractivity contribution < 1.29 is 20.1 Å². The van der Waals surface area contributed by atoms with Crippen molar-refractivity contribution in [1.82, 2.24) is 4.90 Å². The van der Waals surface area contributed by atoms with Gasteiger partial charge >= 0.3 is 6.09 Å². The first-order valence-electron chi connectivity index (χ1n) is 4.93. The van der Waals surface area contributed by atoms with Crippen molar-refractivity contribution in [1.29, 1.82) is 0 Å². The van der Waals surface area contributed by atoms with Crippen molar-refractivity contribution in [3.8, 4) is 12.3 Å². The van der Waals surface area contributed by atoms with Crippen LogP contribution in [0.5, 0.6) is 0 Å². The number of amides is 1. The van der Waals surface area contributed by atoms with Crippen LogP contribution in [0, 0.1) is 12.3 Å². The maximum Gasteiger partial charge on any atom is 0.408 e. The molecule has 0 radical (unpaired) electrons. The van der Waals surface area contributed by atoms with Gasteiger partial charge in [-0.1, -0.05) is 0 Å². The van der Waals surface area contributed by atoms with Crippen molar-refractivity contribution in [3.63, 3.8) is 0 Å². The van der Waals surface area contributed by atoms with Crippen LogP contribution in [0.3, 0.4) is 0 Å². The van der Waals surface area contributed by atoms with E-state index in [4.69, 9.17) is 11.5 Å². The molecule has 0 aliphatic heterocycles. The molecule has 92 valence electrons. The summed E-state index contributed by atoms with van der Waals surface area (Å²) < 4.78 is 0. The SMILES string of the molecule is C#CCC(CO)(CO)N(C(=O)O)C(C)(C)C. The molecule has 0 aliphatic rings. The Morgan fingerprint density at radius 3 is 1.94 bits per heavy atom. The van der Waals surface area contributed by atoms with Crippen LogP contribution in [0.4, 0.5) is 4.79 Å². The zero-order chi connectivity index (χ0) is 13.0. The van der Waals surface area contributed by atoms with E-state index >= 15 is 0 Å². The van der Waals surface area contributed by atoms with Crippen molar-refractivity contribution in [2.75, 3.05) is 13.2 Å². The van der Waals surface area contributed by atoms with Crippen LogP contribution >= 0.6 is 0 Å². The van der Waals surface area contributed by atoms with E-state index in [0.717, 1.165) is 4.90 Å². The number of nitrogens with zero attached hydrogens (tertiary/aromatic N) is 1. The van der Waals surface area contributed by atoms with E-state index in [-0.39, 0.29) is 6.42 Å². The van der Waals surface area contributed by atoms with Gasteiger partial charge in [0, 0.05) is 12.0 Å². The third-order valence-electron chi connectivity index (χ3n) is 2.36. The van der Waals surface area contributed by atoms with E-state index in [1.165, 1.54) is 0 Å². The normalized spacial score (nSPS) is 12.0. The Morgan fingerprint density at radius 1 is 1.31 bits per heavy atom. The van der Waals surface area contributed by atoms with E-state index in [1.54, 1.807) is 20.8 Å². The standard InChI is InChI=1S/C11H19NO4/c1-5-6-11(7-13,8-14)12(9(15)16)10(2,3)4/h1,13-14H,6-8H2,2-4H3,(H,15,16). The van der Waals surface area contributed by atoms with Crippen molar-refractivity contribution >= 4 is 6.09 Å². The third kappa shape index (κ3) is 2.87. The second-order valence-electron chi connectivity index (χ2n) is 4.71. The molecular formula is C11H19NO4. The molecule has 0 saturated carbocycles. The monoisotopic (exact) mass is 229 g/mol. The van der Waals surface area contributed by atoms with Crippen LogP contribution in [0.1, 0.15) is 27.2 Å². The van der Waals surface area contributed by atoms with E-state index < -0.39 is 30.4 Å². The Morgan fingerprint density at radius 2 is 1.75 bits per heavy atom. The fourth-order valence-electron chi connectivity index (χ4n) is 1.77. The average molecular weight is 229 g/mol. The first kappa shape index (κ1) is 14.8. The van der Waals surface area contributed by atoms with Gasteiger partial charge in [0.05, 0.1) is 13.2 Å². The number of rotatable bonds is 4. The first-order chi connectivity index (χ1) is 7.25. The van der Waals surface area contributed by atoms with Crippen LogP contribution in [-0.2, 0) is 0 Å². The van der Waals surface area contributed by atoms with E-state index in [2.05, 4.69) is 5.92 Å². The number of carbonyl (C=O) groups is 1. The summed E-state index contributed by atoms with van der Waals surface area (Å²) in [5.41, 5.74) is -2.09. The summed E-state index contributed by atoms with van der Waals surface area (Å²) in [7, 11) is 0. The Labute approximate surface area is 95.7 Å². The summed E-state index contributed by atoms with van der Waals surface area (Å²) in [6, 6.07) is 0. The van der Waals surface area contributed by atoms with E-state index in [0.29, 0.717) is 0 Å². The Hall–Kier alpha value is -1.25. The largest absolute Gasteiger partial charge is 0.465 e. The molecule has 0 aromatic rings. The van der Waals surface area contributed by atoms with Crippen LogP contribution < -0.4 is 0 Å². The molecular weight excluding hydrogens is 210 g/mol. The van der Waals surface area contributed by atoms with Gasteiger partial charge < -0.3 is 15.3 Å². The predicted octanol–water partition coefficient (Wildman–Crippen LogP) is 0.512. The molecule has 3 N–H and O–H groups in total. The smallest absolute Gasteiger partial charge is 0.408 e. The summed E-state index contributed by atoms with van der Waals surface area (Å²) in [6.07, 6.45) is 3.90.